The fourth-order valence-corrected chi connectivity index (χ4v) is 2.68. The van der Waals surface area contributed by atoms with Crippen molar-refractivity contribution in [2.75, 3.05) is 25.5 Å². The van der Waals surface area contributed by atoms with Crippen LogP contribution in [0.2, 0.25) is 0 Å². The lowest BCUT2D eigenvalue weighted by Crippen LogP contribution is -2.28. The number of piperidine rings is 1. The van der Waals surface area contributed by atoms with Gasteiger partial charge in [-0.3, -0.25) is 5.32 Å². The van der Waals surface area contributed by atoms with E-state index < -0.39 is 11.7 Å². The molecule has 23 heavy (non-hydrogen) atoms. The molecule has 6 nitrogen and oxygen atoms in total. The van der Waals surface area contributed by atoms with Crippen molar-refractivity contribution in [1.82, 2.24) is 5.32 Å². The molecule has 128 valence electrons. The summed E-state index contributed by atoms with van der Waals surface area (Å²) < 4.78 is 10.5. The molecule has 0 atom stereocenters. The second kappa shape index (κ2) is 7.08. The van der Waals surface area contributed by atoms with Gasteiger partial charge in [-0.15, -0.1) is 0 Å². The Kier molecular flexibility index (Phi) is 5.36. The summed E-state index contributed by atoms with van der Waals surface area (Å²) in [6.07, 6.45) is 1.43. The van der Waals surface area contributed by atoms with E-state index in [0.717, 1.165) is 31.5 Å². The van der Waals surface area contributed by atoms with Crippen LogP contribution in [0.25, 0.3) is 0 Å². The minimum Gasteiger partial charge on any atom is -0.503 e. The minimum atomic E-state index is -0.601. The first kappa shape index (κ1) is 17.4. The molecule has 0 aliphatic carbocycles. The molecule has 1 amide bonds. The van der Waals surface area contributed by atoms with Gasteiger partial charge in [0.05, 0.1) is 12.8 Å². The van der Waals surface area contributed by atoms with Gasteiger partial charge in [0.15, 0.2) is 11.5 Å². The predicted molar refractivity (Wildman–Crippen MR) is 89.4 cm³/mol. The maximum atomic E-state index is 12.0. The highest BCUT2D eigenvalue weighted by atomic mass is 16.6. The van der Waals surface area contributed by atoms with E-state index in [9.17, 15) is 9.90 Å². The van der Waals surface area contributed by atoms with Gasteiger partial charge in [-0.25, -0.2) is 4.79 Å². The van der Waals surface area contributed by atoms with Crippen molar-refractivity contribution in [3.8, 4) is 11.5 Å². The van der Waals surface area contributed by atoms with Gasteiger partial charge in [-0.05, 0) is 70.3 Å². The molecule has 0 saturated carbocycles. The van der Waals surface area contributed by atoms with Crippen LogP contribution in [0, 0.1) is 0 Å². The van der Waals surface area contributed by atoms with Crippen molar-refractivity contribution in [3.05, 3.63) is 17.7 Å². The van der Waals surface area contributed by atoms with Gasteiger partial charge in [0.25, 0.3) is 0 Å². The van der Waals surface area contributed by atoms with Crippen molar-refractivity contribution in [2.45, 2.75) is 45.1 Å². The molecule has 1 aromatic carbocycles. The lowest BCUT2D eigenvalue weighted by molar-refractivity contribution is 0.0635. The summed E-state index contributed by atoms with van der Waals surface area (Å²) in [6, 6.07) is 3.64. The van der Waals surface area contributed by atoms with Gasteiger partial charge in [0.1, 0.15) is 5.60 Å². The molecule has 0 radical (unpaired) electrons. The molecule has 6 heteroatoms. The van der Waals surface area contributed by atoms with E-state index in [0.29, 0.717) is 17.4 Å². The lowest BCUT2D eigenvalue weighted by atomic mass is 9.89. The van der Waals surface area contributed by atoms with Crippen molar-refractivity contribution in [1.29, 1.82) is 0 Å². The summed E-state index contributed by atoms with van der Waals surface area (Å²) in [5.74, 6) is 0.646. The van der Waals surface area contributed by atoms with E-state index in [1.165, 1.54) is 7.11 Å². The average Bonchev–Trinajstić information content (AvgIpc) is 2.48. The van der Waals surface area contributed by atoms with E-state index in [1.54, 1.807) is 26.8 Å². The molecule has 1 heterocycles. The summed E-state index contributed by atoms with van der Waals surface area (Å²) >= 11 is 0. The smallest absolute Gasteiger partial charge is 0.412 e. The zero-order valence-electron chi connectivity index (χ0n) is 14.2. The highest BCUT2D eigenvalue weighted by Gasteiger charge is 2.22. The van der Waals surface area contributed by atoms with Gasteiger partial charge >= 0.3 is 6.09 Å². The average molecular weight is 322 g/mol. The maximum absolute atomic E-state index is 12.0. The van der Waals surface area contributed by atoms with Crippen LogP contribution in [0.15, 0.2) is 12.1 Å². The highest BCUT2D eigenvalue weighted by molar-refractivity contribution is 5.88. The molecule has 0 aromatic heterocycles. The number of benzene rings is 1. The van der Waals surface area contributed by atoms with Gasteiger partial charge in [0.2, 0.25) is 0 Å². The van der Waals surface area contributed by atoms with Crippen LogP contribution in [-0.2, 0) is 4.74 Å². The van der Waals surface area contributed by atoms with Gasteiger partial charge in [0, 0.05) is 0 Å². The Morgan fingerprint density at radius 1 is 1.30 bits per heavy atom. The monoisotopic (exact) mass is 322 g/mol. The molecule has 1 saturated heterocycles. The maximum Gasteiger partial charge on any atom is 0.412 e. The van der Waals surface area contributed by atoms with Gasteiger partial charge < -0.3 is 19.9 Å². The quantitative estimate of drug-likeness (QED) is 0.745. The fourth-order valence-electron chi connectivity index (χ4n) is 2.68. The van der Waals surface area contributed by atoms with Crippen LogP contribution in [-0.4, -0.2) is 37.0 Å². The Morgan fingerprint density at radius 3 is 2.52 bits per heavy atom. The summed E-state index contributed by atoms with van der Waals surface area (Å²) in [5.41, 5.74) is 0.760. The molecule has 1 fully saturated rings. The molecule has 1 aliphatic heterocycles. The molecule has 3 N–H and O–H groups in total. The van der Waals surface area contributed by atoms with Crippen LogP contribution in [0.4, 0.5) is 10.5 Å². The Hall–Kier alpha value is -1.95. The van der Waals surface area contributed by atoms with Crippen molar-refractivity contribution in [3.63, 3.8) is 0 Å². The zero-order valence-corrected chi connectivity index (χ0v) is 14.2. The van der Waals surface area contributed by atoms with Crippen molar-refractivity contribution in [2.24, 2.45) is 0 Å². The van der Waals surface area contributed by atoms with E-state index in [2.05, 4.69) is 10.6 Å². The Morgan fingerprint density at radius 2 is 1.96 bits per heavy atom. The second-order valence-corrected chi connectivity index (χ2v) is 6.77. The number of carbonyl (C=O) groups is 1. The van der Waals surface area contributed by atoms with E-state index >= 15 is 0 Å². The first-order chi connectivity index (χ1) is 10.8. The normalized spacial score (nSPS) is 16.0. The van der Waals surface area contributed by atoms with Crippen LogP contribution >= 0.6 is 0 Å². The Bertz CT molecular complexity index is 560. The predicted octanol–water partition coefficient (Wildman–Crippen LogP) is 3.21. The molecule has 0 bridgehead atoms. The van der Waals surface area contributed by atoms with Crippen LogP contribution in [0.5, 0.6) is 11.5 Å². The van der Waals surface area contributed by atoms with Crippen molar-refractivity contribution >= 4 is 11.8 Å². The lowest BCUT2D eigenvalue weighted by Gasteiger charge is -2.25. The van der Waals surface area contributed by atoms with Crippen LogP contribution in [0.3, 0.4) is 0 Å². The van der Waals surface area contributed by atoms with E-state index in [1.807, 2.05) is 6.07 Å². The second-order valence-electron chi connectivity index (χ2n) is 6.77. The first-order valence-electron chi connectivity index (χ1n) is 7.92. The van der Waals surface area contributed by atoms with Crippen LogP contribution < -0.4 is 15.4 Å². The third-order valence-corrected chi connectivity index (χ3v) is 3.76. The largest absolute Gasteiger partial charge is 0.503 e. The van der Waals surface area contributed by atoms with E-state index in [-0.39, 0.29) is 5.75 Å². The number of anilines is 1. The number of hydrogen-bond donors (Lipinski definition) is 3. The van der Waals surface area contributed by atoms with Gasteiger partial charge in [-0.1, -0.05) is 0 Å². The molecule has 1 aromatic rings. The summed E-state index contributed by atoms with van der Waals surface area (Å²) in [6.45, 7) is 7.29. The number of aromatic hydroxyl groups is 1. The van der Waals surface area contributed by atoms with Crippen molar-refractivity contribution < 1.29 is 19.4 Å². The highest BCUT2D eigenvalue weighted by Crippen LogP contribution is 2.39. The summed E-state index contributed by atoms with van der Waals surface area (Å²) in [7, 11) is 1.50. The Labute approximate surface area is 137 Å². The topological polar surface area (TPSA) is 79.8 Å². The molecular weight excluding hydrogens is 296 g/mol. The van der Waals surface area contributed by atoms with Gasteiger partial charge in [-0.2, -0.15) is 0 Å². The molecule has 2 rings (SSSR count). The SMILES string of the molecule is COc1cc(C2CCNCC2)cc(NC(=O)OC(C)(C)C)c1O. The Balaban J connectivity index is 2.24. The number of phenolic OH excluding ortho intramolecular Hbond substituents is 1. The van der Waals surface area contributed by atoms with Crippen LogP contribution in [0.1, 0.15) is 45.1 Å². The molecular formula is C17H26N2O4. The molecule has 1 aliphatic rings. The number of phenols is 1. The number of methoxy groups -OCH3 is 1. The standard InChI is InChI=1S/C17H26N2O4/c1-17(2,3)23-16(21)19-13-9-12(10-14(22-4)15(13)20)11-5-7-18-8-6-11/h9-11,18,20H,5-8H2,1-4H3,(H,19,21). The zero-order chi connectivity index (χ0) is 17.0. The third kappa shape index (κ3) is 4.76. The summed E-state index contributed by atoms with van der Waals surface area (Å²) in [4.78, 5) is 12.0. The number of ether oxygens (including phenoxy) is 2. The number of rotatable bonds is 3. The number of amides is 1. The molecule has 0 unspecified atom stereocenters. The number of nitrogens with one attached hydrogen (secondary N) is 2. The summed E-state index contributed by atoms with van der Waals surface area (Å²) in [5, 5.41) is 16.2. The first-order valence-corrected chi connectivity index (χ1v) is 7.92. The fraction of sp³-hybridized carbons (Fsp3) is 0.588. The number of carbonyl (C=O) groups excluding carboxylic acids is 1. The number of hydrogen-bond acceptors (Lipinski definition) is 5. The molecule has 0 spiro atoms. The van der Waals surface area contributed by atoms with E-state index in [4.69, 9.17) is 9.47 Å². The minimum absolute atomic E-state index is 0.0870. The third-order valence-electron chi connectivity index (χ3n) is 3.76.